The van der Waals surface area contributed by atoms with Gasteiger partial charge in [0.25, 0.3) is 5.91 Å². The van der Waals surface area contributed by atoms with Gasteiger partial charge >= 0.3 is 0 Å². The first-order valence-corrected chi connectivity index (χ1v) is 7.55. The number of rotatable bonds is 4. The number of carbonyl (C=O) groups is 2. The standard InChI is InChI=1S/C16H22FN3O2/c1-11-7-13(9-14(17)8-11)16(22)20-6-2-3-12(10-20)15(21)19-5-4-18/h7-9,12H,2-6,10,18H2,1H3,(H,19,21). The number of likely N-dealkylation sites (tertiary alicyclic amines) is 1. The number of piperidine rings is 1. The van der Waals surface area contributed by atoms with Crippen LogP contribution in [0, 0.1) is 18.7 Å². The highest BCUT2D eigenvalue weighted by Crippen LogP contribution is 2.20. The Hall–Kier alpha value is -1.95. The van der Waals surface area contributed by atoms with Crippen LogP contribution >= 0.6 is 0 Å². The number of nitrogens with two attached hydrogens (primary N) is 1. The molecule has 1 heterocycles. The third-order valence-corrected chi connectivity index (χ3v) is 3.81. The Bertz CT molecular complexity index is 542. The van der Waals surface area contributed by atoms with Gasteiger partial charge in [-0.25, -0.2) is 4.39 Å². The van der Waals surface area contributed by atoms with Crippen molar-refractivity contribution in [3.8, 4) is 0 Å². The highest BCUT2D eigenvalue weighted by molar-refractivity contribution is 5.95. The number of hydrogen-bond acceptors (Lipinski definition) is 3. The van der Waals surface area contributed by atoms with E-state index in [1.54, 1.807) is 17.9 Å². The zero-order valence-corrected chi connectivity index (χ0v) is 12.8. The van der Waals surface area contributed by atoms with Crippen LogP contribution in [-0.2, 0) is 4.79 Å². The lowest BCUT2D eigenvalue weighted by Crippen LogP contribution is -2.46. The van der Waals surface area contributed by atoms with Crippen LogP contribution < -0.4 is 11.1 Å². The molecule has 0 radical (unpaired) electrons. The van der Waals surface area contributed by atoms with Crippen molar-refractivity contribution in [3.05, 3.63) is 35.1 Å². The molecule has 1 fully saturated rings. The van der Waals surface area contributed by atoms with Crippen LogP contribution in [0.25, 0.3) is 0 Å². The van der Waals surface area contributed by atoms with Crippen LogP contribution in [-0.4, -0.2) is 42.9 Å². The summed E-state index contributed by atoms with van der Waals surface area (Å²) >= 11 is 0. The Morgan fingerprint density at radius 2 is 2.18 bits per heavy atom. The highest BCUT2D eigenvalue weighted by Gasteiger charge is 2.28. The minimum atomic E-state index is -0.419. The summed E-state index contributed by atoms with van der Waals surface area (Å²) in [6, 6.07) is 4.30. The molecule has 0 aliphatic carbocycles. The Balaban J connectivity index is 2.05. The van der Waals surface area contributed by atoms with E-state index in [-0.39, 0.29) is 17.7 Å². The number of carbonyl (C=O) groups excluding carboxylic acids is 2. The Kier molecular flexibility index (Phi) is 5.49. The van der Waals surface area contributed by atoms with Crippen molar-refractivity contribution < 1.29 is 14.0 Å². The molecule has 0 saturated carbocycles. The van der Waals surface area contributed by atoms with E-state index < -0.39 is 5.82 Å². The first-order valence-electron chi connectivity index (χ1n) is 7.55. The minimum absolute atomic E-state index is 0.0710. The van der Waals surface area contributed by atoms with Crippen molar-refractivity contribution in [1.29, 1.82) is 0 Å². The normalized spacial score (nSPS) is 18.1. The smallest absolute Gasteiger partial charge is 0.253 e. The maximum atomic E-state index is 13.5. The van der Waals surface area contributed by atoms with Gasteiger partial charge in [0.2, 0.25) is 5.91 Å². The molecule has 2 rings (SSSR count). The number of hydrogen-bond donors (Lipinski definition) is 2. The van der Waals surface area contributed by atoms with Gasteiger partial charge in [0, 0.05) is 31.7 Å². The number of halogens is 1. The molecule has 5 nitrogen and oxygen atoms in total. The molecule has 1 aromatic carbocycles. The van der Waals surface area contributed by atoms with Gasteiger partial charge in [0.1, 0.15) is 5.82 Å². The summed E-state index contributed by atoms with van der Waals surface area (Å²) in [4.78, 5) is 26.1. The first kappa shape index (κ1) is 16.4. The molecule has 1 unspecified atom stereocenters. The second kappa shape index (κ2) is 7.35. The monoisotopic (exact) mass is 307 g/mol. The van der Waals surface area contributed by atoms with Crippen LogP contribution in [0.4, 0.5) is 4.39 Å². The van der Waals surface area contributed by atoms with Crippen molar-refractivity contribution in [3.63, 3.8) is 0 Å². The van der Waals surface area contributed by atoms with Crippen LogP contribution in [0.5, 0.6) is 0 Å². The summed E-state index contributed by atoms with van der Waals surface area (Å²) in [6.45, 7) is 3.54. The lowest BCUT2D eigenvalue weighted by Gasteiger charge is -2.32. The van der Waals surface area contributed by atoms with Crippen molar-refractivity contribution in [1.82, 2.24) is 10.2 Å². The van der Waals surface area contributed by atoms with E-state index >= 15 is 0 Å². The molecular weight excluding hydrogens is 285 g/mol. The lowest BCUT2D eigenvalue weighted by molar-refractivity contribution is -0.126. The van der Waals surface area contributed by atoms with E-state index in [4.69, 9.17) is 5.73 Å². The highest BCUT2D eigenvalue weighted by atomic mass is 19.1. The fraction of sp³-hybridized carbons (Fsp3) is 0.500. The van der Waals surface area contributed by atoms with Gasteiger partial charge in [-0.3, -0.25) is 9.59 Å². The SMILES string of the molecule is Cc1cc(F)cc(C(=O)N2CCCC(C(=O)NCCN)C2)c1. The fourth-order valence-corrected chi connectivity index (χ4v) is 2.76. The molecular formula is C16H22FN3O2. The zero-order valence-electron chi connectivity index (χ0n) is 12.8. The van der Waals surface area contributed by atoms with E-state index in [0.29, 0.717) is 37.3 Å². The molecule has 1 atom stereocenters. The molecule has 1 aromatic rings. The van der Waals surface area contributed by atoms with Crippen LogP contribution in [0.2, 0.25) is 0 Å². The van der Waals surface area contributed by atoms with Gasteiger partial charge in [-0.15, -0.1) is 0 Å². The van der Waals surface area contributed by atoms with Gasteiger partial charge < -0.3 is 16.0 Å². The summed E-state index contributed by atoms with van der Waals surface area (Å²) in [6.07, 6.45) is 1.52. The minimum Gasteiger partial charge on any atom is -0.355 e. The molecule has 120 valence electrons. The van der Waals surface area contributed by atoms with Crippen LogP contribution in [0.15, 0.2) is 18.2 Å². The Morgan fingerprint density at radius 1 is 1.41 bits per heavy atom. The number of nitrogens with one attached hydrogen (secondary N) is 1. The largest absolute Gasteiger partial charge is 0.355 e. The molecule has 0 spiro atoms. The lowest BCUT2D eigenvalue weighted by atomic mass is 9.96. The maximum absolute atomic E-state index is 13.5. The Labute approximate surface area is 129 Å². The fourth-order valence-electron chi connectivity index (χ4n) is 2.76. The topological polar surface area (TPSA) is 75.4 Å². The Morgan fingerprint density at radius 3 is 2.86 bits per heavy atom. The predicted octanol–water partition coefficient (Wildman–Crippen LogP) is 1.06. The summed E-state index contributed by atoms with van der Waals surface area (Å²) in [5.74, 6) is -0.936. The molecule has 0 aromatic heterocycles. The quantitative estimate of drug-likeness (QED) is 0.873. The summed E-state index contributed by atoms with van der Waals surface area (Å²) in [5, 5.41) is 2.76. The molecule has 2 amide bonds. The summed E-state index contributed by atoms with van der Waals surface area (Å²) in [7, 11) is 0. The van der Waals surface area contributed by atoms with Crippen molar-refractivity contribution in [2.24, 2.45) is 11.7 Å². The third-order valence-electron chi connectivity index (χ3n) is 3.81. The molecule has 1 aliphatic heterocycles. The molecule has 0 bridgehead atoms. The van der Waals surface area contributed by atoms with E-state index in [0.717, 1.165) is 12.8 Å². The molecule has 6 heteroatoms. The summed E-state index contributed by atoms with van der Waals surface area (Å²) in [5.41, 5.74) is 6.41. The molecule has 3 N–H and O–H groups in total. The average Bonchev–Trinajstić information content (AvgIpc) is 2.51. The van der Waals surface area contributed by atoms with Gasteiger partial charge in [0.05, 0.1) is 5.92 Å². The van der Waals surface area contributed by atoms with Crippen LogP contribution in [0.1, 0.15) is 28.8 Å². The first-order chi connectivity index (χ1) is 10.5. The number of benzene rings is 1. The number of amides is 2. The summed E-state index contributed by atoms with van der Waals surface area (Å²) < 4.78 is 13.5. The van der Waals surface area contributed by atoms with Crippen molar-refractivity contribution in [2.45, 2.75) is 19.8 Å². The number of aryl methyl sites for hydroxylation is 1. The van der Waals surface area contributed by atoms with Gasteiger partial charge in [-0.2, -0.15) is 0 Å². The zero-order chi connectivity index (χ0) is 16.1. The third kappa shape index (κ3) is 4.04. The van der Waals surface area contributed by atoms with E-state index in [1.807, 2.05) is 0 Å². The van der Waals surface area contributed by atoms with E-state index in [9.17, 15) is 14.0 Å². The second-order valence-corrected chi connectivity index (χ2v) is 5.69. The van der Waals surface area contributed by atoms with Gasteiger partial charge in [-0.1, -0.05) is 0 Å². The second-order valence-electron chi connectivity index (χ2n) is 5.69. The van der Waals surface area contributed by atoms with Crippen molar-refractivity contribution >= 4 is 11.8 Å². The predicted molar refractivity (Wildman–Crippen MR) is 81.8 cm³/mol. The average molecular weight is 307 g/mol. The van der Waals surface area contributed by atoms with Crippen molar-refractivity contribution in [2.75, 3.05) is 26.2 Å². The van der Waals surface area contributed by atoms with Gasteiger partial charge in [-0.05, 0) is 43.5 Å². The maximum Gasteiger partial charge on any atom is 0.253 e. The van der Waals surface area contributed by atoms with E-state index in [2.05, 4.69) is 5.32 Å². The molecule has 1 saturated heterocycles. The molecule has 1 aliphatic rings. The van der Waals surface area contributed by atoms with Crippen LogP contribution in [0.3, 0.4) is 0 Å². The molecule has 22 heavy (non-hydrogen) atoms. The van der Waals surface area contributed by atoms with Gasteiger partial charge in [0.15, 0.2) is 0 Å². The number of nitrogens with zero attached hydrogens (tertiary/aromatic N) is 1. The van der Waals surface area contributed by atoms with E-state index in [1.165, 1.54) is 12.1 Å².